The number of nitriles is 1. The van der Waals surface area contributed by atoms with E-state index in [2.05, 4.69) is 35.9 Å². The Balaban J connectivity index is 1.77. The van der Waals surface area contributed by atoms with E-state index in [1.807, 2.05) is 43.4 Å². The predicted octanol–water partition coefficient (Wildman–Crippen LogP) is 4.70. The van der Waals surface area contributed by atoms with Crippen molar-refractivity contribution in [2.75, 3.05) is 0 Å². The van der Waals surface area contributed by atoms with E-state index in [-0.39, 0.29) is 12.1 Å². The van der Waals surface area contributed by atoms with Gasteiger partial charge in [-0.15, -0.1) is 0 Å². The van der Waals surface area contributed by atoms with Crippen LogP contribution in [0.2, 0.25) is 0 Å². The Morgan fingerprint density at radius 1 is 1.00 bits per heavy atom. The van der Waals surface area contributed by atoms with Crippen molar-refractivity contribution in [3.05, 3.63) is 106 Å². The van der Waals surface area contributed by atoms with Crippen LogP contribution in [0, 0.1) is 18.3 Å². The lowest BCUT2D eigenvalue weighted by Gasteiger charge is -2.17. The van der Waals surface area contributed by atoms with Gasteiger partial charge in [0.15, 0.2) is 0 Å². The van der Waals surface area contributed by atoms with Gasteiger partial charge in [-0.25, -0.2) is 4.79 Å². The van der Waals surface area contributed by atoms with Gasteiger partial charge in [0.25, 0.3) is 0 Å². The van der Waals surface area contributed by atoms with E-state index in [1.54, 1.807) is 27.3 Å². The number of carbonyl (C=O) groups excluding carboxylic acids is 1. The summed E-state index contributed by atoms with van der Waals surface area (Å²) in [4.78, 5) is 25.6. The normalized spacial score (nSPS) is 12.1. The van der Waals surface area contributed by atoms with Gasteiger partial charge in [0.1, 0.15) is 6.29 Å². The Hall–Kier alpha value is -4.37. The highest BCUT2D eigenvalue weighted by Gasteiger charge is 2.23. The second-order valence-electron chi connectivity index (χ2n) is 8.62. The number of benzene rings is 3. The number of hydrogen-bond donors (Lipinski definition) is 0. The third-order valence-electron chi connectivity index (χ3n) is 6.54. The third-order valence-corrected chi connectivity index (χ3v) is 6.54. The van der Waals surface area contributed by atoms with Crippen molar-refractivity contribution in [3.8, 4) is 6.07 Å². The van der Waals surface area contributed by atoms with Crippen LogP contribution in [0.5, 0.6) is 0 Å². The number of aldehydes is 1. The zero-order valence-corrected chi connectivity index (χ0v) is 19.1. The molecule has 0 radical (unpaired) electrons. The molecule has 168 valence electrons. The molecule has 0 saturated carbocycles. The van der Waals surface area contributed by atoms with Gasteiger partial charge in [0.05, 0.1) is 35.3 Å². The molecule has 6 nitrogen and oxygen atoms in total. The zero-order valence-electron chi connectivity index (χ0n) is 19.1. The number of hydrogen-bond acceptors (Lipinski definition) is 3. The zero-order chi connectivity index (χ0) is 23.8. The van der Waals surface area contributed by atoms with Crippen molar-refractivity contribution in [1.29, 1.82) is 5.26 Å². The molecule has 0 amide bonds. The number of aromatic nitrogens is 3. The lowest BCUT2D eigenvalue weighted by atomic mass is 10.0. The minimum Gasteiger partial charge on any atom is -0.350 e. The van der Waals surface area contributed by atoms with Crippen molar-refractivity contribution in [3.63, 3.8) is 0 Å². The Kier molecular flexibility index (Phi) is 5.39. The van der Waals surface area contributed by atoms with Gasteiger partial charge in [-0.2, -0.15) is 5.26 Å². The van der Waals surface area contributed by atoms with E-state index in [0.717, 1.165) is 33.9 Å². The molecule has 1 atom stereocenters. The van der Waals surface area contributed by atoms with Crippen LogP contribution >= 0.6 is 0 Å². The Morgan fingerprint density at radius 3 is 2.53 bits per heavy atom. The molecule has 0 saturated heterocycles. The van der Waals surface area contributed by atoms with Crippen molar-refractivity contribution in [2.24, 2.45) is 7.05 Å². The quantitative estimate of drug-likeness (QED) is 0.354. The van der Waals surface area contributed by atoms with E-state index >= 15 is 0 Å². The Labute approximate surface area is 196 Å². The lowest BCUT2D eigenvalue weighted by Crippen LogP contribution is -2.28. The van der Waals surface area contributed by atoms with Crippen LogP contribution in [0.25, 0.3) is 21.9 Å². The average molecular weight is 449 g/mol. The molecular formula is C28H24N4O2. The fraction of sp³-hybridized carbons (Fsp3) is 0.179. The van der Waals surface area contributed by atoms with E-state index < -0.39 is 6.04 Å². The van der Waals surface area contributed by atoms with E-state index in [9.17, 15) is 14.9 Å². The maximum Gasteiger partial charge on any atom is 0.330 e. The molecule has 5 rings (SSSR count). The van der Waals surface area contributed by atoms with Gasteiger partial charge in [-0.05, 0) is 47.9 Å². The fourth-order valence-corrected chi connectivity index (χ4v) is 4.98. The summed E-state index contributed by atoms with van der Waals surface area (Å²) >= 11 is 0. The largest absolute Gasteiger partial charge is 0.350 e. The molecule has 34 heavy (non-hydrogen) atoms. The monoisotopic (exact) mass is 448 g/mol. The molecule has 0 fully saturated rings. The SMILES string of the molecule is Cc1cccc2c1c(Cn1c(=O)n([C@H](CC=O)c3ccccc3)c3ccc(C#N)cc31)cn2C. The molecule has 0 aliphatic heterocycles. The summed E-state index contributed by atoms with van der Waals surface area (Å²) in [5, 5.41) is 10.6. The standard InChI is InChI=1S/C28H24N4O2/c1-19-7-6-10-25-27(19)22(17-30(25)2)18-31-26-15-20(16-29)11-12-24(26)32(28(31)34)23(13-14-33)21-8-4-3-5-9-21/h3-12,14-15,17,23H,13,18H2,1-2H3/t23-/m1/s1. The Bertz CT molecular complexity index is 1630. The first kappa shape index (κ1) is 21.5. The van der Waals surface area contributed by atoms with Gasteiger partial charge in [0.2, 0.25) is 0 Å². The maximum atomic E-state index is 13.9. The average Bonchev–Trinajstić information content (AvgIpc) is 3.32. The number of imidazole rings is 1. The highest BCUT2D eigenvalue weighted by molar-refractivity contribution is 5.87. The molecule has 0 aliphatic rings. The summed E-state index contributed by atoms with van der Waals surface area (Å²) in [6.07, 6.45) is 3.09. The molecule has 6 heteroatoms. The van der Waals surface area contributed by atoms with Crippen LogP contribution in [-0.4, -0.2) is 20.0 Å². The molecule has 0 unspecified atom stereocenters. The second kappa shape index (κ2) is 8.53. The summed E-state index contributed by atoms with van der Waals surface area (Å²) in [5.74, 6) is 0. The predicted molar refractivity (Wildman–Crippen MR) is 133 cm³/mol. The highest BCUT2D eigenvalue weighted by atomic mass is 16.2. The van der Waals surface area contributed by atoms with Crippen LogP contribution in [-0.2, 0) is 18.4 Å². The summed E-state index contributed by atoms with van der Waals surface area (Å²) in [7, 11) is 2.00. The van der Waals surface area contributed by atoms with Gasteiger partial charge >= 0.3 is 5.69 Å². The highest BCUT2D eigenvalue weighted by Crippen LogP contribution is 2.29. The number of rotatable bonds is 6. The minimum atomic E-state index is -0.433. The van der Waals surface area contributed by atoms with Crippen molar-refractivity contribution < 1.29 is 4.79 Å². The van der Waals surface area contributed by atoms with Crippen molar-refractivity contribution >= 4 is 28.2 Å². The number of fused-ring (bicyclic) bond motifs is 2. The molecule has 2 aromatic heterocycles. The van der Waals surface area contributed by atoms with Gasteiger partial charge in [-0.3, -0.25) is 9.13 Å². The molecule has 2 heterocycles. The molecule has 0 aliphatic carbocycles. The van der Waals surface area contributed by atoms with Crippen molar-refractivity contribution in [2.45, 2.75) is 25.9 Å². The number of aryl methyl sites for hydroxylation is 2. The third kappa shape index (κ3) is 3.43. The van der Waals surface area contributed by atoms with Crippen LogP contribution in [0.3, 0.4) is 0 Å². The molecule has 3 aromatic carbocycles. The topological polar surface area (TPSA) is 72.7 Å². The van der Waals surface area contributed by atoms with Gasteiger partial charge in [0, 0.05) is 30.6 Å². The van der Waals surface area contributed by atoms with Crippen LogP contribution in [0.4, 0.5) is 0 Å². The van der Waals surface area contributed by atoms with Crippen LogP contribution in [0.1, 0.15) is 34.7 Å². The van der Waals surface area contributed by atoms with Crippen molar-refractivity contribution in [1.82, 2.24) is 13.7 Å². The molecule has 5 aromatic rings. The van der Waals surface area contributed by atoms with E-state index in [4.69, 9.17) is 0 Å². The minimum absolute atomic E-state index is 0.177. The lowest BCUT2D eigenvalue weighted by molar-refractivity contribution is -0.108. The van der Waals surface area contributed by atoms with E-state index in [1.165, 1.54) is 0 Å². The first-order chi connectivity index (χ1) is 16.5. The summed E-state index contributed by atoms with van der Waals surface area (Å²) in [6, 6.07) is 22.8. The summed E-state index contributed by atoms with van der Waals surface area (Å²) in [5.41, 5.74) is 5.84. The maximum absolute atomic E-state index is 13.9. The second-order valence-corrected chi connectivity index (χ2v) is 8.62. The summed E-state index contributed by atoms with van der Waals surface area (Å²) in [6.45, 7) is 2.43. The molecule has 0 spiro atoms. The fourth-order valence-electron chi connectivity index (χ4n) is 4.98. The first-order valence-electron chi connectivity index (χ1n) is 11.2. The first-order valence-corrected chi connectivity index (χ1v) is 11.2. The van der Waals surface area contributed by atoms with E-state index in [0.29, 0.717) is 23.1 Å². The smallest absolute Gasteiger partial charge is 0.330 e. The molecular weight excluding hydrogens is 424 g/mol. The van der Waals surface area contributed by atoms with Gasteiger partial charge < -0.3 is 9.36 Å². The Morgan fingerprint density at radius 2 is 1.79 bits per heavy atom. The molecule has 0 bridgehead atoms. The number of carbonyl (C=O) groups is 1. The molecule has 0 N–H and O–H groups in total. The summed E-state index contributed by atoms with van der Waals surface area (Å²) < 4.78 is 5.48. The van der Waals surface area contributed by atoms with Crippen LogP contribution < -0.4 is 5.69 Å². The van der Waals surface area contributed by atoms with Crippen LogP contribution in [0.15, 0.2) is 77.7 Å². The van der Waals surface area contributed by atoms with Gasteiger partial charge in [-0.1, -0.05) is 42.5 Å². The number of nitrogens with zero attached hydrogens (tertiary/aromatic N) is 4.